The number of carbonyl (C=O) groups is 4. The van der Waals surface area contributed by atoms with Crippen LogP contribution in [0.3, 0.4) is 0 Å². The van der Waals surface area contributed by atoms with Crippen molar-refractivity contribution in [1.82, 2.24) is 10.2 Å². The standard InChI is InChI=1S/C40H58FN3O9/c1-25(50-20-19-49-5)24-51-38(47)34-22-29-21-30(15-16-33(29)52-34)42-36(45)35-31(26-9-7-6-8-10-26)17-18-44(35)37(46)28-13-11-27(12-14-28)32(23-41)43-39(48)53-40(2,3)4/h15-16,21-22,25-28,31-32,35H,6-14,17-20,23-24H2,1-5H3,(H,42,45)(H,43,48)/t25-,27?,28?,31+,32-,35-/m1/s1. The molecule has 1 aromatic carbocycles. The Balaban J connectivity index is 1.23. The van der Waals surface area contributed by atoms with Crippen LogP contribution in [0.2, 0.25) is 0 Å². The second-order valence-corrected chi connectivity index (χ2v) is 16.0. The molecule has 3 aliphatic rings. The van der Waals surface area contributed by atoms with E-state index >= 15 is 0 Å². The van der Waals surface area contributed by atoms with Gasteiger partial charge in [0.05, 0.1) is 25.4 Å². The van der Waals surface area contributed by atoms with Gasteiger partial charge in [-0.15, -0.1) is 0 Å². The Hall–Kier alpha value is -3.71. The molecule has 0 radical (unpaired) electrons. The van der Waals surface area contributed by atoms with Gasteiger partial charge >= 0.3 is 12.1 Å². The number of alkyl carbamates (subject to hydrolysis) is 1. The van der Waals surface area contributed by atoms with Crippen molar-refractivity contribution in [2.75, 3.05) is 45.5 Å². The van der Waals surface area contributed by atoms with Gasteiger partial charge in [0.1, 0.15) is 30.5 Å². The van der Waals surface area contributed by atoms with Crippen LogP contribution in [0, 0.1) is 23.7 Å². The molecule has 4 atom stereocenters. The van der Waals surface area contributed by atoms with Gasteiger partial charge in [0.2, 0.25) is 17.6 Å². The van der Waals surface area contributed by atoms with Crippen molar-refractivity contribution in [3.05, 3.63) is 30.0 Å². The van der Waals surface area contributed by atoms with Crippen LogP contribution in [0.1, 0.15) is 102 Å². The number of nitrogens with zero attached hydrogens (tertiary/aromatic N) is 1. The van der Waals surface area contributed by atoms with Crippen LogP contribution in [-0.4, -0.2) is 92.7 Å². The van der Waals surface area contributed by atoms with Crippen LogP contribution >= 0.6 is 0 Å². The molecule has 13 heteroatoms. The lowest BCUT2D eigenvalue weighted by Crippen LogP contribution is -2.50. The summed E-state index contributed by atoms with van der Waals surface area (Å²) >= 11 is 0. The summed E-state index contributed by atoms with van der Waals surface area (Å²) in [5, 5.41) is 6.41. The van der Waals surface area contributed by atoms with Crippen LogP contribution in [0.4, 0.5) is 14.9 Å². The Morgan fingerprint density at radius 1 is 0.981 bits per heavy atom. The van der Waals surface area contributed by atoms with Crippen molar-refractivity contribution < 1.29 is 46.9 Å². The highest BCUT2D eigenvalue weighted by Gasteiger charge is 2.47. The molecule has 1 aliphatic heterocycles. The lowest BCUT2D eigenvalue weighted by molar-refractivity contribution is -0.142. The predicted octanol–water partition coefficient (Wildman–Crippen LogP) is 7.05. The molecule has 1 saturated heterocycles. The molecule has 0 spiro atoms. The van der Waals surface area contributed by atoms with Gasteiger partial charge < -0.3 is 38.9 Å². The molecule has 12 nitrogen and oxygen atoms in total. The minimum absolute atomic E-state index is 0.0225. The Bertz CT molecular complexity index is 1540. The molecular weight excluding hydrogens is 685 g/mol. The maximum Gasteiger partial charge on any atom is 0.407 e. The number of ether oxygens (including phenoxy) is 4. The third-order valence-electron chi connectivity index (χ3n) is 10.9. The SMILES string of the molecule is COCCO[C@H](C)COC(=O)c1cc2cc(NC(=O)[C@H]3[C@H](C4CCCCC4)CCN3C(=O)C3CCC([C@@H](CF)NC(=O)OC(C)(C)C)CC3)ccc2o1. The number of hydrogen-bond acceptors (Lipinski definition) is 9. The summed E-state index contributed by atoms with van der Waals surface area (Å²) in [5.41, 5.74) is 0.331. The first-order valence-electron chi connectivity index (χ1n) is 19.3. The summed E-state index contributed by atoms with van der Waals surface area (Å²) in [7, 11) is 1.59. The fourth-order valence-corrected chi connectivity index (χ4v) is 8.28. The summed E-state index contributed by atoms with van der Waals surface area (Å²) in [4.78, 5) is 55.3. The lowest BCUT2D eigenvalue weighted by atomic mass is 9.76. The Labute approximate surface area is 312 Å². The van der Waals surface area contributed by atoms with E-state index in [9.17, 15) is 23.6 Å². The second kappa shape index (κ2) is 18.6. The number of likely N-dealkylation sites (tertiary alicyclic amines) is 1. The Morgan fingerprint density at radius 3 is 2.40 bits per heavy atom. The normalized spacial score (nSPS) is 23.7. The van der Waals surface area contributed by atoms with Gasteiger partial charge in [0.25, 0.3) is 0 Å². The average Bonchev–Trinajstić information content (AvgIpc) is 3.78. The summed E-state index contributed by atoms with van der Waals surface area (Å²) in [6.45, 7) is 7.80. The highest BCUT2D eigenvalue weighted by molar-refractivity contribution is 6.00. The molecular formula is C40H58FN3O9. The molecule has 5 rings (SSSR count). The van der Waals surface area contributed by atoms with Crippen LogP contribution in [0.25, 0.3) is 11.0 Å². The molecule has 3 amide bonds. The number of carbonyl (C=O) groups excluding carboxylic acids is 4. The zero-order valence-electron chi connectivity index (χ0n) is 32.0. The second-order valence-electron chi connectivity index (χ2n) is 16.0. The first-order valence-corrected chi connectivity index (χ1v) is 19.3. The minimum Gasteiger partial charge on any atom is -0.457 e. The number of esters is 1. The van der Waals surface area contributed by atoms with E-state index in [0.717, 1.165) is 32.1 Å². The van der Waals surface area contributed by atoms with E-state index in [2.05, 4.69) is 10.6 Å². The molecule has 2 aliphatic carbocycles. The highest BCUT2D eigenvalue weighted by Crippen LogP contribution is 2.41. The van der Waals surface area contributed by atoms with Crippen molar-refractivity contribution in [1.29, 1.82) is 0 Å². The minimum atomic E-state index is -0.708. The molecule has 2 heterocycles. The van der Waals surface area contributed by atoms with E-state index in [1.807, 2.05) is 0 Å². The van der Waals surface area contributed by atoms with Crippen molar-refractivity contribution >= 4 is 40.5 Å². The number of alkyl halides is 1. The highest BCUT2D eigenvalue weighted by atomic mass is 19.1. The number of nitrogens with one attached hydrogen (secondary N) is 2. The number of benzene rings is 1. The maximum absolute atomic E-state index is 14.2. The summed E-state index contributed by atoms with van der Waals surface area (Å²) in [6.07, 6.45) is 7.69. The average molecular weight is 744 g/mol. The number of fused-ring (bicyclic) bond motifs is 1. The monoisotopic (exact) mass is 743 g/mol. The van der Waals surface area contributed by atoms with E-state index in [0.29, 0.717) is 68.0 Å². The topological polar surface area (TPSA) is 146 Å². The van der Waals surface area contributed by atoms with Gasteiger partial charge in [-0.3, -0.25) is 9.59 Å². The number of methoxy groups -OCH3 is 1. The first kappa shape index (κ1) is 40.5. The summed E-state index contributed by atoms with van der Waals surface area (Å²) in [5.74, 6) is -0.750. The van der Waals surface area contributed by atoms with Crippen LogP contribution in [0.5, 0.6) is 0 Å². The first-order chi connectivity index (χ1) is 25.4. The Morgan fingerprint density at radius 2 is 1.72 bits per heavy atom. The molecule has 0 bridgehead atoms. The summed E-state index contributed by atoms with van der Waals surface area (Å²) in [6, 6.07) is 5.51. The molecule has 0 unspecified atom stereocenters. The van der Waals surface area contributed by atoms with E-state index in [1.165, 1.54) is 6.42 Å². The number of furan rings is 1. The van der Waals surface area contributed by atoms with Crippen molar-refractivity contribution in [2.24, 2.45) is 23.7 Å². The zero-order valence-corrected chi connectivity index (χ0v) is 32.0. The van der Waals surface area contributed by atoms with Crippen LogP contribution in [0.15, 0.2) is 28.7 Å². The Kier molecular flexibility index (Phi) is 14.2. The van der Waals surface area contributed by atoms with Gasteiger partial charge in [-0.1, -0.05) is 32.1 Å². The van der Waals surface area contributed by atoms with Gasteiger partial charge in [-0.2, -0.15) is 0 Å². The number of hydrogen-bond donors (Lipinski definition) is 2. The van der Waals surface area contributed by atoms with Crippen molar-refractivity contribution in [3.63, 3.8) is 0 Å². The molecule has 1 aromatic heterocycles. The van der Waals surface area contributed by atoms with Crippen molar-refractivity contribution in [2.45, 2.75) is 116 Å². The van der Waals surface area contributed by atoms with Gasteiger partial charge in [-0.25, -0.2) is 14.0 Å². The molecule has 3 fully saturated rings. The number of anilines is 1. The molecule has 2 N–H and O–H groups in total. The third-order valence-corrected chi connectivity index (χ3v) is 10.9. The quantitative estimate of drug-likeness (QED) is 0.154. The van der Waals surface area contributed by atoms with Crippen LogP contribution < -0.4 is 10.6 Å². The number of halogens is 1. The maximum atomic E-state index is 14.2. The zero-order chi connectivity index (χ0) is 38.1. The fraction of sp³-hybridized carbons (Fsp3) is 0.700. The predicted molar refractivity (Wildman–Crippen MR) is 197 cm³/mol. The van der Waals surface area contributed by atoms with Gasteiger partial charge in [-0.05, 0) is 102 Å². The lowest BCUT2D eigenvalue weighted by Gasteiger charge is -2.37. The number of rotatable bonds is 14. The van der Waals surface area contributed by atoms with E-state index in [1.54, 1.807) is 64.0 Å². The molecule has 2 saturated carbocycles. The molecule has 2 aromatic rings. The van der Waals surface area contributed by atoms with Gasteiger partial charge in [0.15, 0.2) is 0 Å². The van der Waals surface area contributed by atoms with E-state index < -0.39 is 36.4 Å². The summed E-state index contributed by atoms with van der Waals surface area (Å²) < 4.78 is 41.1. The molecule has 294 valence electrons. The largest absolute Gasteiger partial charge is 0.457 e. The van der Waals surface area contributed by atoms with E-state index in [-0.39, 0.29) is 48.0 Å². The van der Waals surface area contributed by atoms with Gasteiger partial charge in [0, 0.05) is 30.6 Å². The van der Waals surface area contributed by atoms with Crippen LogP contribution in [-0.2, 0) is 28.5 Å². The number of amides is 3. The molecule has 53 heavy (non-hydrogen) atoms. The fourth-order valence-electron chi connectivity index (χ4n) is 8.28. The van der Waals surface area contributed by atoms with Crippen molar-refractivity contribution in [3.8, 4) is 0 Å². The van der Waals surface area contributed by atoms with E-state index in [4.69, 9.17) is 23.4 Å². The smallest absolute Gasteiger partial charge is 0.407 e. The third kappa shape index (κ3) is 10.9.